The summed E-state index contributed by atoms with van der Waals surface area (Å²) in [6, 6.07) is 2.71. The fourth-order valence-corrected chi connectivity index (χ4v) is 1.50. The zero-order chi connectivity index (χ0) is 12.3. The fraction of sp³-hybridized carbons (Fsp3) is 0.400. The Morgan fingerprint density at radius 3 is 2.38 bits per heavy atom. The van der Waals surface area contributed by atoms with Gasteiger partial charge in [0.05, 0.1) is 25.2 Å². The molecule has 0 aliphatic carbocycles. The number of nitro benzene ring substituents is 1. The van der Waals surface area contributed by atoms with Gasteiger partial charge in [-0.2, -0.15) is 0 Å². The highest BCUT2D eigenvalue weighted by molar-refractivity contribution is 5.58. The van der Waals surface area contributed by atoms with Gasteiger partial charge in [-0.25, -0.2) is 0 Å². The van der Waals surface area contributed by atoms with E-state index in [1.165, 1.54) is 33.3 Å². The van der Waals surface area contributed by atoms with E-state index < -0.39 is 11.0 Å². The van der Waals surface area contributed by atoms with E-state index in [-0.39, 0.29) is 17.0 Å². The summed E-state index contributed by atoms with van der Waals surface area (Å²) in [7, 11) is 2.79. The second-order valence-electron chi connectivity index (χ2n) is 3.17. The molecule has 6 heteroatoms. The number of hydrogen-bond donors (Lipinski definition) is 1. The lowest BCUT2D eigenvalue weighted by molar-refractivity contribution is -0.386. The standard InChI is InChI=1S/C10H13NO5/c1-6(12)9-7(11(13)14)4-5-8(15-2)10(9)16-3/h4-6,12H,1-3H3. The lowest BCUT2D eigenvalue weighted by Gasteiger charge is -2.14. The molecule has 0 spiro atoms. The highest BCUT2D eigenvalue weighted by Gasteiger charge is 2.25. The van der Waals surface area contributed by atoms with Crippen molar-refractivity contribution in [3.63, 3.8) is 0 Å². The van der Waals surface area contributed by atoms with Gasteiger partial charge in [-0.15, -0.1) is 0 Å². The first-order valence-corrected chi connectivity index (χ1v) is 4.60. The van der Waals surface area contributed by atoms with Crippen LogP contribution < -0.4 is 9.47 Å². The van der Waals surface area contributed by atoms with E-state index >= 15 is 0 Å². The molecule has 0 radical (unpaired) electrons. The monoisotopic (exact) mass is 227 g/mol. The first kappa shape index (κ1) is 12.3. The highest BCUT2D eigenvalue weighted by Crippen LogP contribution is 2.40. The van der Waals surface area contributed by atoms with Crippen molar-refractivity contribution >= 4 is 5.69 Å². The molecule has 0 aromatic heterocycles. The van der Waals surface area contributed by atoms with Crippen LogP contribution in [0.4, 0.5) is 5.69 Å². The number of nitrogens with zero attached hydrogens (tertiary/aromatic N) is 1. The maximum Gasteiger partial charge on any atom is 0.279 e. The Hall–Kier alpha value is -1.82. The van der Waals surface area contributed by atoms with Crippen LogP contribution >= 0.6 is 0 Å². The molecule has 1 unspecified atom stereocenters. The number of hydrogen-bond acceptors (Lipinski definition) is 5. The predicted molar refractivity (Wildman–Crippen MR) is 56.8 cm³/mol. The number of ether oxygens (including phenoxy) is 2. The quantitative estimate of drug-likeness (QED) is 0.624. The van der Waals surface area contributed by atoms with Gasteiger partial charge < -0.3 is 14.6 Å². The van der Waals surface area contributed by atoms with Crippen molar-refractivity contribution in [2.45, 2.75) is 13.0 Å². The van der Waals surface area contributed by atoms with Crippen LogP contribution in [0.3, 0.4) is 0 Å². The number of benzene rings is 1. The summed E-state index contributed by atoms with van der Waals surface area (Å²) in [6.45, 7) is 1.43. The van der Waals surface area contributed by atoms with Crippen LogP contribution in [0, 0.1) is 10.1 Å². The van der Waals surface area contributed by atoms with Crippen molar-refractivity contribution in [2.75, 3.05) is 14.2 Å². The average molecular weight is 227 g/mol. The summed E-state index contributed by atoms with van der Waals surface area (Å²) >= 11 is 0. The van der Waals surface area contributed by atoms with Crippen LogP contribution in [-0.4, -0.2) is 24.2 Å². The minimum Gasteiger partial charge on any atom is -0.493 e. The van der Waals surface area contributed by atoms with Gasteiger partial charge in [0.1, 0.15) is 5.56 Å². The van der Waals surface area contributed by atoms with E-state index in [4.69, 9.17) is 9.47 Å². The van der Waals surface area contributed by atoms with Crippen LogP contribution in [-0.2, 0) is 0 Å². The maximum absolute atomic E-state index is 10.8. The van der Waals surface area contributed by atoms with Crippen LogP contribution in [0.25, 0.3) is 0 Å². The van der Waals surface area contributed by atoms with Crippen molar-refractivity contribution in [3.05, 3.63) is 27.8 Å². The zero-order valence-electron chi connectivity index (χ0n) is 9.26. The molecule has 1 aromatic rings. The van der Waals surface area contributed by atoms with Gasteiger partial charge in [0, 0.05) is 6.07 Å². The minimum absolute atomic E-state index is 0.117. The molecular weight excluding hydrogens is 214 g/mol. The largest absolute Gasteiger partial charge is 0.493 e. The second kappa shape index (κ2) is 4.80. The lowest BCUT2D eigenvalue weighted by atomic mass is 10.1. The molecule has 1 aromatic carbocycles. The summed E-state index contributed by atoms with van der Waals surface area (Å²) in [6.07, 6.45) is -1.01. The first-order valence-electron chi connectivity index (χ1n) is 4.60. The molecule has 6 nitrogen and oxygen atoms in total. The molecule has 16 heavy (non-hydrogen) atoms. The van der Waals surface area contributed by atoms with Gasteiger partial charge in [0.25, 0.3) is 5.69 Å². The molecule has 0 fully saturated rings. The maximum atomic E-state index is 10.8. The summed E-state index contributed by atoms with van der Waals surface area (Å²) in [5, 5.41) is 20.3. The third kappa shape index (κ3) is 2.06. The van der Waals surface area contributed by atoms with Gasteiger partial charge in [-0.1, -0.05) is 0 Å². The van der Waals surface area contributed by atoms with Gasteiger partial charge >= 0.3 is 0 Å². The van der Waals surface area contributed by atoms with E-state index in [9.17, 15) is 15.2 Å². The Labute approximate surface area is 92.6 Å². The summed E-state index contributed by atoms with van der Waals surface area (Å²) in [5.41, 5.74) is -0.0699. The molecule has 1 N–H and O–H groups in total. The van der Waals surface area contributed by atoms with E-state index in [1.54, 1.807) is 0 Å². The topological polar surface area (TPSA) is 81.8 Å². The van der Waals surface area contributed by atoms with Crippen molar-refractivity contribution in [1.82, 2.24) is 0 Å². The van der Waals surface area contributed by atoms with Crippen molar-refractivity contribution in [3.8, 4) is 11.5 Å². The van der Waals surface area contributed by atoms with Gasteiger partial charge in [-0.05, 0) is 13.0 Å². The normalized spacial score (nSPS) is 12.0. The highest BCUT2D eigenvalue weighted by atomic mass is 16.6. The van der Waals surface area contributed by atoms with Gasteiger partial charge in [0.15, 0.2) is 11.5 Å². The Morgan fingerprint density at radius 1 is 1.38 bits per heavy atom. The number of rotatable bonds is 4. The molecule has 0 aliphatic rings. The summed E-state index contributed by atoms with van der Waals surface area (Å²) < 4.78 is 10.0. The minimum atomic E-state index is -1.01. The predicted octanol–water partition coefficient (Wildman–Crippen LogP) is 1.67. The molecule has 0 heterocycles. The van der Waals surface area contributed by atoms with E-state index in [1.807, 2.05) is 0 Å². The number of aliphatic hydroxyl groups is 1. The van der Waals surface area contributed by atoms with Crippen LogP contribution in [0.1, 0.15) is 18.6 Å². The molecule has 0 saturated carbocycles. The summed E-state index contributed by atoms with van der Waals surface area (Å²) in [5.74, 6) is 0.538. The van der Waals surface area contributed by atoms with Gasteiger partial charge in [0.2, 0.25) is 0 Å². The molecule has 0 bridgehead atoms. The van der Waals surface area contributed by atoms with Crippen LogP contribution in [0.15, 0.2) is 12.1 Å². The third-order valence-electron chi connectivity index (χ3n) is 2.18. The molecule has 0 saturated heterocycles. The first-order chi connectivity index (χ1) is 7.52. The number of nitro groups is 1. The van der Waals surface area contributed by atoms with Crippen LogP contribution in [0.2, 0.25) is 0 Å². The lowest BCUT2D eigenvalue weighted by Crippen LogP contribution is -2.04. The fourth-order valence-electron chi connectivity index (χ4n) is 1.50. The molecule has 1 rings (SSSR count). The van der Waals surface area contributed by atoms with E-state index in [0.29, 0.717) is 5.75 Å². The van der Waals surface area contributed by atoms with Crippen LogP contribution in [0.5, 0.6) is 11.5 Å². The van der Waals surface area contributed by atoms with Crippen molar-refractivity contribution in [1.29, 1.82) is 0 Å². The van der Waals surface area contributed by atoms with Crippen molar-refractivity contribution < 1.29 is 19.5 Å². The molecule has 1 atom stereocenters. The Balaban J connectivity index is 3.50. The number of methoxy groups -OCH3 is 2. The molecule has 0 amide bonds. The number of aliphatic hydroxyl groups excluding tert-OH is 1. The molecule has 0 aliphatic heterocycles. The Morgan fingerprint density at radius 2 is 2.00 bits per heavy atom. The molecular formula is C10H13NO5. The Kier molecular flexibility index (Phi) is 3.68. The van der Waals surface area contributed by atoms with E-state index in [0.717, 1.165) is 0 Å². The van der Waals surface area contributed by atoms with Crippen molar-refractivity contribution in [2.24, 2.45) is 0 Å². The molecule has 88 valence electrons. The SMILES string of the molecule is COc1ccc([N+](=O)[O-])c(C(C)O)c1OC. The average Bonchev–Trinajstić information content (AvgIpc) is 2.26. The summed E-state index contributed by atoms with van der Waals surface area (Å²) in [4.78, 5) is 10.2. The van der Waals surface area contributed by atoms with Gasteiger partial charge in [-0.3, -0.25) is 10.1 Å². The smallest absolute Gasteiger partial charge is 0.279 e. The van der Waals surface area contributed by atoms with E-state index in [2.05, 4.69) is 0 Å². The second-order valence-corrected chi connectivity index (χ2v) is 3.17. The zero-order valence-corrected chi connectivity index (χ0v) is 9.26. The third-order valence-corrected chi connectivity index (χ3v) is 2.18. The Bertz CT molecular complexity index is 402.